The lowest BCUT2D eigenvalue weighted by Gasteiger charge is -2.17. The number of nitrogens with one attached hydrogen (secondary N) is 2. The largest absolute Gasteiger partial charge is 0.356 e. The third kappa shape index (κ3) is 6.75. The molecule has 2 aromatic carbocycles. The Labute approximate surface area is 167 Å². The quantitative estimate of drug-likeness (QED) is 0.414. The van der Waals surface area contributed by atoms with Crippen LogP contribution in [0.5, 0.6) is 0 Å². The molecule has 2 rings (SSSR count). The molecule has 0 amide bonds. The molecule has 1 unspecified atom stereocenters. The molecule has 132 valence electrons. The Kier molecular flexibility index (Phi) is 9.00. The summed E-state index contributed by atoms with van der Waals surface area (Å²) >= 11 is 0. The Morgan fingerprint density at radius 1 is 1.16 bits per heavy atom. The molecule has 0 saturated heterocycles. The van der Waals surface area contributed by atoms with Crippen LogP contribution in [-0.4, -0.2) is 19.6 Å². The summed E-state index contributed by atoms with van der Waals surface area (Å²) in [5, 5.41) is 15.6. The van der Waals surface area contributed by atoms with Crippen LogP contribution >= 0.6 is 24.0 Å². The molecule has 2 N–H and O–H groups in total. The van der Waals surface area contributed by atoms with Gasteiger partial charge in [-0.2, -0.15) is 5.26 Å². The zero-order valence-electron chi connectivity index (χ0n) is 14.9. The number of rotatable bonds is 5. The molecule has 5 heteroatoms. The highest BCUT2D eigenvalue weighted by molar-refractivity contribution is 14.0. The van der Waals surface area contributed by atoms with Crippen LogP contribution in [-0.2, 0) is 6.54 Å². The minimum Gasteiger partial charge on any atom is -0.356 e. The van der Waals surface area contributed by atoms with Crippen LogP contribution in [0.2, 0.25) is 0 Å². The van der Waals surface area contributed by atoms with Gasteiger partial charge in [-0.3, -0.25) is 4.99 Å². The second-order valence-electron chi connectivity index (χ2n) is 5.93. The van der Waals surface area contributed by atoms with E-state index in [-0.39, 0.29) is 24.0 Å². The van der Waals surface area contributed by atoms with E-state index in [4.69, 9.17) is 5.26 Å². The summed E-state index contributed by atoms with van der Waals surface area (Å²) in [6.07, 6.45) is 0. The highest BCUT2D eigenvalue weighted by Gasteiger charge is 2.07. The van der Waals surface area contributed by atoms with Gasteiger partial charge in [-0.05, 0) is 36.1 Å². The summed E-state index contributed by atoms with van der Waals surface area (Å²) in [5.41, 5.74) is 4.33. The average molecular weight is 448 g/mol. The Morgan fingerprint density at radius 2 is 1.92 bits per heavy atom. The van der Waals surface area contributed by atoms with Gasteiger partial charge >= 0.3 is 0 Å². The van der Waals surface area contributed by atoms with E-state index in [1.54, 1.807) is 13.1 Å². The van der Waals surface area contributed by atoms with E-state index in [0.29, 0.717) is 18.0 Å². The first-order valence-electron chi connectivity index (χ1n) is 8.12. The fourth-order valence-electron chi connectivity index (χ4n) is 2.50. The van der Waals surface area contributed by atoms with E-state index in [1.807, 2.05) is 18.2 Å². The zero-order valence-corrected chi connectivity index (χ0v) is 17.2. The Balaban J connectivity index is 0.00000312. The number of benzene rings is 2. The number of nitrogens with zero attached hydrogens (tertiary/aromatic N) is 2. The molecule has 0 aromatic heterocycles. The molecular formula is C20H25IN4. The fourth-order valence-corrected chi connectivity index (χ4v) is 2.50. The van der Waals surface area contributed by atoms with Crippen molar-refractivity contribution in [3.63, 3.8) is 0 Å². The van der Waals surface area contributed by atoms with Crippen molar-refractivity contribution in [2.24, 2.45) is 4.99 Å². The van der Waals surface area contributed by atoms with Crippen LogP contribution in [0.3, 0.4) is 0 Å². The third-order valence-electron chi connectivity index (χ3n) is 3.93. The third-order valence-corrected chi connectivity index (χ3v) is 3.93. The summed E-state index contributed by atoms with van der Waals surface area (Å²) in [6, 6.07) is 18.3. The fraction of sp³-hybridized carbons (Fsp3) is 0.300. The summed E-state index contributed by atoms with van der Waals surface area (Å²) in [4.78, 5) is 4.26. The highest BCUT2D eigenvalue weighted by atomic mass is 127. The van der Waals surface area contributed by atoms with Crippen molar-refractivity contribution in [2.45, 2.75) is 26.3 Å². The smallest absolute Gasteiger partial charge is 0.191 e. The second kappa shape index (κ2) is 10.7. The van der Waals surface area contributed by atoms with E-state index in [9.17, 15) is 0 Å². The van der Waals surface area contributed by atoms with Crippen LogP contribution in [0, 0.1) is 18.3 Å². The molecule has 1 atom stereocenters. The van der Waals surface area contributed by atoms with Crippen molar-refractivity contribution >= 4 is 29.9 Å². The minimum absolute atomic E-state index is 0. The molecule has 0 bridgehead atoms. The maximum Gasteiger partial charge on any atom is 0.191 e. The van der Waals surface area contributed by atoms with Crippen molar-refractivity contribution in [3.8, 4) is 6.07 Å². The predicted molar refractivity (Wildman–Crippen MR) is 114 cm³/mol. The first-order chi connectivity index (χ1) is 11.6. The van der Waals surface area contributed by atoms with Gasteiger partial charge in [0.05, 0.1) is 11.6 Å². The molecule has 25 heavy (non-hydrogen) atoms. The number of nitriles is 1. The normalized spacial score (nSPS) is 11.8. The summed E-state index contributed by atoms with van der Waals surface area (Å²) in [5.74, 6) is 1.15. The summed E-state index contributed by atoms with van der Waals surface area (Å²) in [6.45, 7) is 5.75. The van der Waals surface area contributed by atoms with Crippen molar-refractivity contribution in [1.29, 1.82) is 5.26 Å². The zero-order chi connectivity index (χ0) is 17.4. The predicted octanol–water partition coefficient (Wildman–Crippen LogP) is 3.95. The second-order valence-corrected chi connectivity index (χ2v) is 5.93. The number of halogens is 1. The number of hydrogen-bond acceptors (Lipinski definition) is 2. The maximum atomic E-state index is 8.95. The Morgan fingerprint density at radius 3 is 2.60 bits per heavy atom. The molecule has 0 aliphatic carbocycles. The van der Waals surface area contributed by atoms with Crippen molar-refractivity contribution in [3.05, 3.63) is 70.8 Å². The molecule has 0 aliphatic rings. The van der Waals surface area contributed by atoms with Gasteiger partial charge in [-0.15, -0.1) is 24.0 Å². The van der Waals surface area contributed by atoms with Gasteiger partial charge in [0.2, 0.25) is 0 Å². The Bertz CT molecular complexity index is 749. The van der Waals surface area contributed by atoms with Crippen LogP contribution in [0.15, 0.2) is 53.5 Å². The van der Waals surface area contributed by atoms with Crippen LogP contribution in [0.4, 0.5) is 0 Å². The van der Waals surface area contributed by atoms with Crippen molar-refractivity contribution in [2.75, 3.05) is 13.6 Å². The first-order valence-corrected chi connectivity index (χ1v) is 8.12. The van der Waals surface area contributed by atoms with Gasteiger partial charge in [0.1, 0.15) is 0 Å². The van der Waals surface area contributed by atoms with Crippen LogP contribution in [0.25, 0.3) is 0 Å². The first kappa shape index (κ1) is 21.0. The number of guanidine groups is 1. The maximum absolute atomic E-state index is 8.95. The summed E-state index contributed by atoms with van der Waals surface area (Å²) in [7, 11) is 1.76. The average Bonchev–Trinajstić information content (AvgIpc) is 2.61. The molecular weight excluding hydrogens is 423 g/mol. The van der Waals surface area contributed by atoms with E-state index in [1.165, 1.54) is 11.1 Å². The summed E-state index contributed by atoms with van der Waals surface area (Å²) < 4.78 is 0. The van der Waals surface area contributed by atoms with Gasteiger partial charge in [-0.1, -0.05) is 48.9 Å². The van der Waals surface area contributed by atoms with Gasteiger partial charge in [0.15, 0.2) is 5.96 Å². The van der Waals surface area contributed by atoms with Crippen molar-refractivity contribution in [1.82, 2.24) is 10.6 Å². The molecule has 4 nitrogen and oxygen atoms in total. The molecule has 0 aliphatic heterocycles. The number of aliphatic imine (C=N–C) groups is 1. The van der Waals surface area contributed by atoms with E-state index in [0.717, 1.165) is 18.1 Å². The Hall–Kier alpha value is -2.07. The molecule has 0 radical (unpaired) electrons. The standard InChI is InChI=1S/C20H24N4.HI/c1-15-6-4-9-19(10-15)16(2)13-23-20(22-3)24-14-18-8-5-7-17(11-18)12-21;/h4-11,16H,13-14H2,1-3H3,(H2,22,23,24);1H. The van der Waals surface area contributed by atoms with Gasteiger partial charge < -0.3 is 10.6 Å². The van der Waals surface area contributed by atoms with E-state index < -0.39 is 0 Å². The molecule has 0 heterocycles. The SMILES string of the molecule is CN=C(NCc1cccc(C#N)c1)NCC(C)c1cccc(C)c1.I. The minimum atomic E-state index is 0. The van der Waals surface area contributed by atoms with E-state index in [2.05, 4.69) is 59.8 Å². The number of aryl methyl sites for hydroxylation is 1. The lowest BCUT2D eigenvalue weighted by atomic mass is 9.99. The van der Waals surface area contributed by atoms with Crippen LogP contribution < -0.4 is 10.6 Å². The lowest BCUT2D eigenvalue weighted by molar-refractivity contribution is 0.698. The number of hydrogen-bond donors (Lipinski definition) is 2. The lowest BCUT2D eigenvalue weighted by Crippen LogP contribution is -2.38. The highest BCUT2D eigenvalue weighted by Crippen LogP contribution is 2.15. The molecule has 0 spiro atoms. The monoisotopic (exact) mass is 448 g/mol. The molecule has 0 fully saturated rings. The van der Waals surface area contributed by atoms with Crippen molar-refractivity contribution < 1.29 is 0 Å². The topological polar surface area (TPSA) is 60.2 Å². The van der Waals surface area contributed by atoms with Gasteiger partial charge in [-0.25, -0.2) is 0 Å². The molecule has 0 saturated carbocycles. The van der Waals surface area contributed by atoms with E-state index >= 15 is 0 Å². The van der Waals surface area contributed by atoms with Crippen LogP contribution in [0.1, 0.15) is 35.1 Å². The molecule has 2 aromatic rings. The van der Waals surface area contributed by atoms with Gasteiger partial charge in [0, 0.05) is 20.1 Å². The van der Waals surface area contributed by atoms with Gasteiger partial charge in [0.25, 0.3) is 0 Å².